The Kier molecular flexibility index (Phi) is 8.13. The summed E-state index contributed by atoms with van der Waals surface area (Å²) < 4.78 is 28.8. The maximum atomic E-state index is 13.0. The summed E-state index contributed by atoms with van der Waals surface area (Å²) in [5, 5.41) is 2.83. The largest absolute Gasteiger partial charge is 0.325 e. The summed E-state index contributed by atoms with van der Waals surface area (Å²) in [5.41, 5.74) is 1.50. The number of sulfonamides is 1. The molecule has 0 fully saturated rings. The molecule has 2 rings (SSSR count). The molecule has 0 spiro atoms. The zero-order chi connectivity index (χ0) is 22.5. The van der Waals surface area contributed by atoms with Crippen LogP contribution in [-0.2, 0) is 20.2 Å². The first-order valence-corrected chi connectivity index (χ1v) is 12.7. The van der Waals surface area contributed by atoms with Crippen LogP contribution in [0.15, 0.2) is 58.3 Å². The van der Waals surface area contributed by atoms with Gasteiger partial charge in [0, 0.05) is 16.9 Å². The number of hydrogen-bond donors (Lipinski definition) is 2. The van der Waals surface area contributed by atoms with Gasteiger partial charge in [-0.15, -0.1) is 11.8 Å². The Morgan fingerprint density at radius 3 is 2.27 bits per heavy atom. The summed E-state index contributed by atoms with van der Waals surface area (Å²) in [7, 11) is -3.73. The molecule has 2 aromatic rings. The molecule has 0 aliphatic heterocycles. The highest BCUT2D eigenvalue weighted by atomic mass is 32.2. The fraction of sp³-hybridized carbons (Fsp3) is 0.435. The van der Waals surface area contributed by atoms with Crippen LogP contribution in [0.3, 0.4) is 0 Å². The van der Waals surface area contributed by atoms with Crippen molar-refractivity contribution in [1.82, 2.24) is 4.72 Å². The van der Waals surface area contributed by atoms with Crippen molar-refractivity contribution in [2.24, 2.45) is 5.92 Å². The third-order valence-electron chi connectivity index (χ3n) is 4.99. The van der Waals surface area contributed by atoms with Crippen LogP contribution in [0.4, 0.5) is 5.69 Å². The number of benzene rings is 2. The number of hydrogen-bond acceptors (Lipinski definition) is 4. The lowest BCUT2D eigenvalue weighted by atomic mass is 9.79. The topological polar surface area (TPSA) is 75.3 Å². The molecular weight excluding hydrogens is 416 g/mol. The van der Waals surface area contributed by atoms with E-state index in [4.69, 9.17) is 0 Å². The number of carbonyl (C=O) groups is 1. The van der Waals surface area contributed by atoms with Crippen molar-refractivity contribution >= 4 is 33.4 Å². The van der Waals surface area contributed by atoms with Crippen molar-refractivity contribution in [3.05, 3.63) is 54.1 Å². The normalized spacial score (nSPS) is 13.3. The Bertz CT molecular complexity index is 971. The van der Waals surface area contributed by atoms with E-state index in [9.17, 15) is 13.2 Å². The van der Waals surface area contributed by atoms with E-state index in [-0.39, 0.29) is 28.2 Å². The predicted molar refractivity (Wildman–Crippen MR) is 126 cm³/mol. The van der Waals surface area contributed by atoms with E-state index in [0.717, 1.165) is 4.90 Å². The van der Waals surface area contributed by atoms with Crippen molar-refractivity contribution in [1.29, 1.82) is 0 Å². The van der Waals surface area contributed by atoms with E-state index in [1.54, 1.807) is 26.0 Å². The fourth-order valence-corrected chi connectivity index (χ4v) is 5.18. The van der Waals surface area contributed by atoms with E-state index < -0.39 is 10.0 Å². The van der Waals surface area contributed by atoms with Crippen molar-refractivity contribution in [2.45, 2.75) is 62.3 Å². The Morgan fingerprint density at radius 2 is 1.70 bits per heavy atom. The number of thioether (sulfide) groups is 1. The zero-order valence-electron chi connectivity index (χ0n) is 18.5. The minimum absolute atomic E-state index is 0.142. The highest BCUT2D eigenvalue weighted by Crippen LogP contribution is 2.30. The van der Waals surface area contributed by atoms with Gasteiger partial charge in [0.05, 0.1) is 10.6 Å². The molecular formula is C23H32N2O3S2. The number of nitrogens with one attached hydrogen (secondary N) is 2. The van der Waals surface area contributed by atoms with Crippen LogP contribution in [0.25, 0.3) is 0 Å². The Morgan fingerprint density at radius 1 is 1.07 bits per heavy atom. The molecule has 2 N–H and O–H groups in total. The highest BCUT2D eigenvalue weighted by molar-refractivity contribution is 7.98. The van der Waals surface area contributed by atoms with E-state index >= 15 is 0 Å². The zero-order valence-corrected chi connectivity index (χ0v) is 20.2. The Balaban J connectivity index is 2.21. The molecule has 30 heavy (non-hydrogen) atoms. The summed E-state index contributed by atoms with van der Waals surface area (Å²) in [6.07, 6.45) is 2.54. The van der Waals surface area contributed by atoms with Crippen LogP contribution in [0.5, 0.6) is 0 Å². The maximum absolute atomic E-state index is 13.0. The van der Waals surface area contributed by atoms with Crippen molar-refractivity contribution in [3.63, 3.8) is 0 Å². The van der Waals surface area contributed by atoms with Gasteiger partial charge in [0.15, 0.2) is 0 Å². The van der Waals surface area contributed by atoms with Gasteiger partial charge in [-0.3, -0.25) is 4.79 Å². The first-order valence-electron chi connectivity index (χ1n) is 10.0. The number of rotatable bonds is 9. The van der Waals surface area contributed by atoms with E-state index in [0.29, 0.717) is 12.1 Å². The summed E-state index contributed by atoms with van der Waals surface area (Å²) in [5.74, 6) is -0.343. The number of amides is 1. The summed E-state index contributed by atoms with van der Waals surface area (Å²) in [6, 6.07) is 14.7. The molecule has 0 bridgehead atoms. The lowest BCUT2D eigenvalue weighted by Crippen LogP contribution is -2.37. The van der Waals surface area contributed by atoms with Crippen LogP contribution < -0.4 is 10.0 Å². The molecule has 2 aromatic carbocycles. The lowest BCUT2D eigenvalue weighted by Gasteiger charge is -2.29. The second-order valence-electron chi connectivity index (χ2n) is 8.48. The molecule has 0 saturated heterocycles. The van der Waals surface area contributed by atoms with E-state index in [1.807, 2.05) is 31.4 Å². The second-order valence-corrected chi connectivity index (χ2v) is 11.0. The molecule has 164 valence electrons. The molecule has 0 aliphatic carbocycles. The van der Waals surface area contributed by atoms with Gasteiger partial charge in [-0.05, 0) is 48.8 Å². The van der Waals surface area contributed by atoms with Crippen LogP contribution >= 0.6 is 11.8 Å². The van der Waals surface area contributed by atoms with Gasteiger partial charge in [0.2, 0.25) is 15.9 Å². The minimum Gasteiger partial charge on any atom is -0.325 e. The van der Waals surface area contributed by atoms with Gasteiger partial charge in [-0.1, -0.05) is 58.0 Å². The Hall–Kier alpha value is -1.83. The SMILES string of the molecule is CSc1ccc(S(=O)(=O)N[C@H](C)CC(C)(C)c2ccccc2)cc1NC(=O)C(C)C. The third-order valence-corrected chi connectivity index (χ3v) is 7.37. The number of carbonyl (C=O) groups excluding carboxylic acids is 1. The molecule has 7 heteroatoms. The van der Waals surface area contributed by atoms with Crippen molar-refractivity contribution < 1.29 is 13.2 Å². The summed E-state index contributed by atoms with van der Waals surface area (Å²) in [6.45, 7) is 9.69. The van der Waals surface area contributed by atoms with Crippen molar-refractivity contribution in [3.8, 4) is 0 Å². The molecule has 0 saturated carbocycles. The molecule has 0 radical (unpaired) electrons. The van der Waals surface area contributed by atoms with Gasteiger partial charge in [0.25, 0.3) is 0 Å². The van der Waals surface area contributed by atoms with E-state index in [1.165, 1.54) is 23.4 Å². The van der Waals surface area contributed by atoms with Crippen LogP contribution in [0.1, 0.15) is 46.6 Å². The monoisotopic (exact) mass is 448 g/mol. The highest BCUT2D eigenvalue weighted by Gasteiger charge is 2.26. The van der Waals surface area contributed by atoms with Gasteiger partial charge in [-0.25, -0.2) is 13.1 Å². The molecule has 1 amide bonds. The average molecular weight is 449 g/mol. The molecule has 1 atom stereocenters. The minimum atomic E-state index is -3.73. The number of anilines is 1. The molecule has 5 nitrogen and oxygen atoms in total. The first-order chi connectivity index (χ1) is 14.0. The lowest BCUT2D eigenvalue weighted by molar-refractivity contribution is -0.118. The van der Waals surface area contributed by atoms with Crippen LogP contribution in [0, 0.1) is 5.92 Å². The van der Waals surface area contributed by atoms with Gasteiger partial charge < -0.3 is 5.32 Å². The van der Waals surface area contributed by atoms with Gasteiger partial charge in [-0.2, -0.15) is 0 Å². The second kappa shape index (κ2) is 9.98. The van der Waals surface area contributed by atoms with Gasteiger partial charge in [0.1, 0.15) is 0 Å². The maximum Gasteiger partial charge on any atom is 0.240 e. The average Bonchev–Trinajstić information content (AvgIpc) is 2.67. The third kappa shape index (κ3) is 6.33. The molecule has 0 aromatic heterocycles. The van der Waals surface area contributed by atoms with E-state index in [2.05, 4.69) is 36.0 Å². The first kappa shape index (κ1) is 24.4. The van der Waals surface area contributed by atoms with Crippen molar-refractivity contribution in [2.75, 3.05) is 11.6 Å². The quantitative estimate of drug-likeness (QED) is 0.527. The standard InChI is InChI=1S/C23H32N2O3S2/c1-16(2)22(26)24-20-14-19(12-13-21(20)29-6)30(27,28)25-17(3)15-23(4,5)18-10-8-7-9-11-18/h7-14,16-17,25H,15H2,1-6H3,(H,24,26)/t17-/m1/s1. The molecule has 0 heterocycles. The predicted octanol–water partition coefficient (Wildman–Crippen LogP) is 5.04. The fourth-order valence-electron chi connectivity index (χ4n) is 3.38. The smallest absolute Gasteiger partial charge is 0.240 e. The Labute approximate surface area is 185 Å². The van der Waals surface area contributed by atoms with Crippen LogP contribution in [0.2, 0.25) is 0 Å². The molecule has 0 aliphatic rings. The molecule has 0 unspecified atom stereocenters. The van der Waals surface area contributed by atoms with Gasteiger partial charge >= 0.3 is 0 Å². The summed E-state index contributed by atoms with van der Waals surface area (Å²) >= 11 is 1.46. The van der Waals surface area contributed by atoms with Crippen LogP contribution in [-0.4, -0.2) is 26.6 Å². The summed E-state index contributed by atoms with van der Waals surface area (Å²) in [4.78, 5) is 13.1.